The lowest BCUT2D eigenvalue weighted by molar-refractivity contribution is -0.132. The van der Waals surface area contributed by atoms with Gasteiger partial charge >= 0.3 is 0 Å². The number of nitrogens with one attached hydrogen (secondary N) is 1. The van der Waals surface area contributed by atoms with Crippen molar-refractivity contribution in [1.82, 2.24) is 10.2 Å². The summed E-state index contributed by atoms with van der Waals surface area (Å²) >= 11 is 6.05. The number of benzene rings is 4. The van der Waals surface area contributed by atoms with E-state index in [4.69, 9.17) is 16.3 Å². The van der Waals surface area contributed by atoms with Gasteiger partial charge in [0.25, 0.3) is 0 Å². The lowest BCUT2D eigenvalue weighted by Crippen LogP contribution is -2.33. The molecule has 0 radical (unpaired) electrons. The number of carbonyl (C=O) groups is 1. The van der Waals surface area contributed by atoms with Crippen LogP contribution in [0.5, 0.6) is 5.75 Å². The fourth-order valence-corrected chi connectivity index (χ4v) is 4.41. The van der Waals surface area contributed by atoms with Gasteiger partial charge in [0.2, 0.25) is 5.91 Å². The lowest BCUT2D eigenvalue weighted by atomic mass is 9.99. The van der Waals surface area contributed by atoms with Crippen LogP contribution in [-0.2, 0) is 17.9 Å². The molecule has 1 atom stereocenters. The topological polar surface area (TPSA) is 41.6 Å². The lowest BCUT2D eigenvalue weighted by Gasteiger charge is -2.24. The normalized spacial score (nSPS) is 11.9. The molecule has 0 unspecified atom stereocenters. The molecule has 0 aliphatic heterocycles. The van der Waals surface area contributed by atoms with E-state index in [0.29, 0.717) is 31.1 Å². The smallest absolute Gasteiger partial charge is 0.224 e. The van der Waals surface area contributed by atoms with Gasteiger partial charge in [-0.15, -0.1) is 0 Å². The Morgan fingerprint density at radius 2 is 1.51 bits per heavy atom. The Morgan fingerprint density at radius 3 is 2.20 bits per heavy atom. The summed E-state index contributed by atoms with van der Waals surface area (Å²) in [7, 11) is 1.65. The number of hydrogen-bond donors (Lipinski definition) is 1. The minimum atomic E-state index is 0.105. The van der Waals surface area contributed by atoms with E-state index < -0.39 is 0 Å². The van der Waals surface area contributed by atoms with Gasteiger partial charge in [-0.1, -0.05) is 78.3 Å². The molecule has 4 nitrogen and oxygen atoms in total. The summed E-state index contributed by atoms with van der Waals surface area (Å²) in [5, 5.41) is 6.70. The molecule has 0 saturated carbocycles. The van der Waals surface area contributed by atoms with E-state index >= 15 is 0 Å². The molecule has 0 fully saturated rings. The fourth-order valence-electron chi connectivity index (χ4n) is 4.29. The second-order valence-electron chi connectivity index (χ2n) is 8.72. The molecule has 0 spiro atoms. The average Bonchev–Trinajstić information content (AvgIpc) is 2.89. The Hall–Kier alpha value is -3.34. The number of ether oxygens (including phenoxy) is 1. The number of nitrogens with zero attached hydrogens (tertiary/aromatic N) is 1. The number of fused-ring (bicyclic) bond motifs is 1. The maximum atomic E-state index is 13.3. The summed E-state index contributed by atoms with van der Waals surface area (Å²) in [5.41, 5.74) is 3.35. The van der Waals surface area contributed by atoms with E-state index in [1.165, 1.54) is 16.3 Å². The van der Waals surface area contributed by atoms with Gasteiger partial charge in [0.05, 0.1) is 7.11 Å². The molecule has 0 heterocycles. The van der Waals surface area contributed by atoms with Gasteiger partial charge in [-0.2, -0.15) is 0 Å². The van der Waals surface area contributed by atoms with Crippen molar-refractivity contribution < 1.29 is 9.53 Å². The molecule has 5 heteroatoms. The number of hydrogen-bond acceptors (Lipinski definition) is 3. The zero-order chi connectivity index (χ0) is 24.6. The van der Waals surface area contributed by atoms with Crippen LogP contribution in [0.25, 0.3) is 10.8 Å². The molecule has 180 valence electrons. The highest BCUT2D eigenvalue weighted by Crippen LogP contribution is 2.24. The van der Waals surface area contributed by atoms with Crippen molar-refractivity contribution in [3.8, 4) is 5.75 Å². The standard InChI is InChI=1S/C30H31ClN2O2/c1-22(28-9-5-7-25-6-3-4-8-29(25)28)32-19-18-30(34)33(20-23-10-14-26(31)15-11-23)21-24-12-16-27(35-2)17-13-24/h3-17,22,32H,18-21H2,1-2H3/t22-/m1/s1. The van der Waals surface area contributed by atoms with Crippen molar-refractivity contribution in [1.29, 1.82) is 0 Å². The molecule has 0 saturated heterocycles. The summed E-state index contributed by atoms with van der Waals surface area (Å²) in [4.78, 5) is 15.2. The fraction of sp³-hybridized carbons (Fsp3) is 0.233. The molecule has 0 aliphatic carbocycles. The molecular formula is C30H31ClN2O2. The molecule has 1 N–H and O–H groups in total. The Kier molecular flexibility index (Phi) is 8.40. The van der Waals surface area contributed by atoms with E-state index in [2.05, 4.69) is 54.7 Å². The predicted octanol–water partition coefficient (Wildman–Crippen LogP) is 6.77. The predicted molar refractivity (Wildman–Crippen MR) is 144 cm³/mol. The van der Waals surface area contributed by atoms with Crippen LogP contribution >= 0.6 is 11.6 Å². The third-order valence-electron chi connectivity index (χ3n) is 6.25. The molecule has 1 amide bonds. The highest BCUT2D eigenvalue weighted by molar-refractivity contribution is 6.30. The molecule has 4 aromatic rings. The van der Waals surface area contributed by atoms with E-state index in [0.717, 1.165) is 16.9 Å². The molecule has 0 aliphatic rings. The summed E-state index contributed by atoms with van der Waals surface area (Å²) in [5.74, 6) is 0.907. The van der Waals surface area contributed by atoms with E-state index in [1.807, 2.05) is 53.4 Å². The Labute approximate surface area is 212 Å². The Morgan fingerprint density at radius 1 is 0.886 bits per heavy atom. The van der Waals surface area contributed by atoms with Gasteiger partial charge in [0.15, 0.2) is 0 Å². The number of rotatable bonds is 10. The SMILES string of the molecule is COc1ccc(CN(Cc2ccc(Cl)cc2)C(=O)CCN[C@H](C)c2cccc3ccccc23)cc1. The first kappa shape index (κ1) is 24.8. The zero-order valence-electron chi connectivity index (χ0n) is 20.2. The van der Waals surface area contributed by atoms with E-state index in [1.54, 1.807) is 7.11 Å². The number of halogens is 1. The third-order valence-corrected chi connectivity index (χ3v) is 6.50. The Bertz CT molecular complexity index is 1250. The maximum absolute atomic E-state index is 13.3. The van der Waals surface area contributed by atoms with E-state index in [-0.39, 0.29) is 11.9 Å². The minimum Gasteiger partial charge on any atom is -0.497 e. The van der Waals surface area contributed by atoms with Gasteiger partial charge in [0, 0.05) is 37.1 Å². The first-order chi connectivity index (χ1) is 17.0. The van der Waals surface area contributed by atoms with Gasteiger partial charge in [-0.3, -0.25) is 4.79 Å². The quantitative estimate of drug-likeness (QED) is 0.269. The summed E-state index contributed by atoms with van der Waals surface area (Å²) in [6.45, 7) is 3.81. The number of methoxy groups -OCH3 is 1. The van der Waals surface area contributed by atoms with Crippen LogP contribution in [0.1, 0.15) is 36.1 Å². The molecule has 0 aromatic heterocycles. The zero-order valence-corrected chi connectivity index (χ0v) is 21.0. The van der Waals surface area contributed by atoms with Crippen molar-refractivity contribution >= 4 is 28.3 Å². The van der Waals surface area contributed by atoms with Crippen molar-refractivity contribution in [2.75, 3.05) is 13.7 Å². The molecule has 35 heavy (non-hydrogen) atoms. The highest BCUT2D eigenvalue weighted by atomic mass is 35.5. The van der Waals surface area contributed by atoms with E-state index in [9.17, 15) is 4.79 Å². The van der Waals surface area contributed by atoms with Crippen LogP contribution in [0.4, 0.5) is 0 Å². The monoisotopic (exact) mass is 486 g/mol. The van der Waals surface area contributed by atoms with Gasteiger partial charge in [-0.05, 0) is 58.7 Å². The minimum absolute atomic E-state index is 0.105. The van der Waals surface area contributed by atoms with Crippen molar-refractivity contribution in [3.63, 3.8) is 0 Å². The van der Waals surface area contributed by atoms with Gasteiger partial charge in [-0.25, -0.2) is 0 Å². The first-order valence-electron chi connectivity index (χ1n) is 11.9. The van der Waals surface area contributed by atoms with Crippen LogP contribution in [0.15, 0.2) is 91.0 Å². The molecule has 4 aromatic carbocycles. The van der Waals surface area contributed by atoms with Crippen molar-refractivity contribution in [3.05, 3.63) is 113 Å². The molecule has 0 bridgehead atoms. The molecular weight excluding hydrogens is 456 g/mol. The highest BCUT2D eigenvalue weighted by Gasteiger charge is 2.16. The summed E-state index contributed by atoms with van der Waals surface area (Å²) in [6.07, 6.45) is 0.416. The van der Waals surface area contributed by atoms with Crippen LogP contribution in [-0.4, -0.2) is 24.5 Å². The number of carbonyl (C=O) groups excluding carboxylic acids is 1. The Balaban J connectivity index is 1.42. The van der Waals surface area contributed by atoms with Gasteiger partial charge < -0.3 is 15.0 Å². The maximum Gasteiger partial charge on any atom is 0.224 e. The number of amides is 1. The van der Waals surface area contributed by atoms with Crippen LogP contribution in [0, 0.1) is 0 Å². The van der Waals surface area contributed by atoms with Crippen LogP contribution < -0.4 is 10.1 Å². The van der Waals surface area contributed by atoms with Crippen molar-refractivity contribution in [2.24, 2.45) is 0 Å². The second-order valence-corrected chi connectivity index (χ2v) is 9.15. The first-order valence-corrected chi connectivity index (χ1v) is 12.3. The summed E-state index contributed by atoms with van der Waals surface area (Å²) < 4.78 is 5.27. The van der Waals surface area contributed by atoms with Crippen molar-refractivity contribution in [2.45, 2.75) is 32.5 Å². The third kappa shape index (κ3) is 6.62. The largest absolute Gasteiger partial charge is 0.497 e. The van der Waals surface area contributed by atoms with Crippen LogP contribution in [0.3, 0.4) is 0 Å². The second kappa shape index (κ2) is 11.9. The summed E-state index contributed by atoms with van der Waals surface area (Å²) in [6, 6.07) is 30.4. The average molecular weight is 487 g/mol. The van der Waals surface area contributed by atoms with Crippen LogP contribution in [0.2, 0.25) is 5.02 Å². The molecule has 4 rings (SSSR count). The van der Waals surface area contributed by atoms with Gasteiger partial charge in [0.1, 0.15) is 5.75 Å².